The molecule has 1 heterocycles. The van der Waals surface area contributed by atoms with Crippen molar-refractivity contribution in [2.45, 2.75) is 0 Å². The Balaban J connectivity index is 1.30. The van der Waals surface area contributed by atoms with Crippen molar-refractivity contribution in [3.8, 4) is 44.5 Å². The van der Waals surface area contributed by atoms with Crippen LogP contribution in [0.4, 0.5) is 17.1 Å². The molecule has 0 aliphatic carbocycles. The Morgan fingerprint density at radius 3 is 1.36 bits per heavy atom. The molecule has 0 amide bonds. The van der Waals surface area contributed by atoms with E-state index in [9.17, 15) is 0 Å². The molecule has 2 heteroatoms. The molecule has 0 bridgehead atoms. The summed E-state index contributed by atoms with van der Waals surface area (Å²) in [6.07, 6.45) is 0. The van der Waals surface area contributed by atoms with Crippen molar-refractivity contribution in [3.63, 3.8) is 0 Å². The SMILES string of the molecule is c1ccc(-c2ccc(N(c3ccc(-c4ccccc4)cc3-c3ccccc3)c3cccc4c3[Si](c3ccccc3)(c3ccccc3)c3ccccc3-4)cc2)cc1. The Kier molecular flexibility index (Phi) is 8.59. The maximum atomic E-state index is 2.55. The van der Waals surface area contributed by atoms with Crippen molar-refractivity contribution in [1.82, 2.24) is 0 Å². The van der Waals surface area contributed by atoms with Gasteiger partial charge in [0, 0.05) is 16.9 Å². The average Bonchev–Trinajstić information content (AvgIpc) is 3.60. The third-order valence-corrected chi connectivity index (χ3v) is 16.3. The van der Waals surface area contributed by atoms with E-state index in [4.69, 9.17) is 0 Å². The molecule has 0 saturated carbocycles. The number of nitrogens with zero attached hydrogens (tertiary/aromatic N) is 1. The summed E-state index contributed by atoms with van der Waals surface area (Å²) < 4.78 is 0. The normalized spacial score (nSPS) is 12.4. The quantitative estimate of drug-likeness (QED) is 0.141. The molecule has 1 aliphatic rings. The lowest BCUT2D eigenvalue weighted by Gasteiger charge is -2.36. The van der Waals surface area contributed by atoms with Crippen molar-refractivity contribution >= 4 is 45.9 Å². The molecule has 264 valence electrons. The average molecular weight is 730 g/mol. The van der Waals surface area contributed by atoms with Crippen LogP contribution in [0.3, 0.4) is 0 Å². The molecule has 0 aromatic heterocycles. The van der Waals surface area contributed by atoms with E-state index >= 15 is 0 Å². The lowest BCUT2D eigenvalue weighted by Crippen LogP contribution is -2.73. The van der Waals surface area contributed by atoms with Gasteiger partial charge in [0.05, 0.1) is 5.69 Å². The van der Waals surface area contributed by atoms with Crippen molar-refractivity contribution < 1.29 is 0 Å². The van der Waals surface area contributed by atoms with Crippen molar-refractivity contribution in [2.75, 3.05) is 4.90 Å². The monoisotopic (exact) mass is 729 g/mol. The number of benzene rings is 9. The summed E-state index contributed by atoms with van der Waals surface area (Å²) in [5.74, 6) is 0. The van der Waals surface area contributed by atoms with Crippen molar-refractivity contribution in [3.05, 3.63) is 237 Å². The predicted octanol–water partition coefficient (Wildman–Crippen LogP) is 11.5. The van der Waals surface area contributed by atoms with Gasteiger partial charge in [0.2, 0.25) is 0 Å². The molecule has 56 heavy (non-hydrogen) atoms. The first-order chi connectivity index (χ1) is 27.8. The maximum absolute atomic E-state index is 2.86. The van der Waals surface area contributed by atoms with Crippen LogP contribution in [0, 0.1) is 0 Å². The largest absolute Gasteiger partial charge is 0.310 e. The molecule has 1 nitrogen and oxygen atoms in total. The molecule has 0 N–H and O–H groups in total. The fourth-order valence-corrected chi connectivity index (χ4v) is 14.3. The van der Waals surface area contributed by atoms with Crippen molar-refractivity contribution in [2.24, 2.45) is 0 Å². The number of fused-ring (bicyclic) bond motifs is 3. The van der Waals surface area contributed by atoms with E-state index in [0.717, 1.165) is 11.4 Å². The number of hydrogen-bond donors (Lipinski definition) is 0. The van der Waals surface area contributed by atoms with E-state index in [-0.39, 0.29) is 0 Å². The van der Waals surface area contributed by atoms with Crippen LogP contribution >= 0.6 is 0 Å². The summed E-state index contributed by atoms with van der Waals surface area (Å²) in [6, 6.07) is 87.2. The molecule has 0 radical (unpaired) electrons. The van der Waals surface area contributed by atoms with Crippen LogP contribution in [-0.4, -0.2) is 8.07 Å². The number of rotatable bonds is 8. The van der Waals surface area contributed by atoms with Gasteiger partial charge in [-0.2, -0.15) is 0 Å². The van der Waals surface area contributed by atoms with E-state index in [2.05, 4.69) is 241 Å². The smallest absolute Gasteiger partial charge is 0.183 e. The fraction of sp³-hybridized carbons (Fsp3) is 0. The lowest BCUT2D eigenvalue weighted by molar-refractivity contribution is 1.29. The number of hydrogen-bond acceptors (Lipinski definition) is 1. The lowest BCUT2D eigenvalue weighted by atomic mass is 9.95. The Hall–Kier alpha value is -7.00. The van der Waals surface area contributed by atoms with Crippen LogP contribution in [0.5, 0.6) is 0 Å². The van der Waals surface area contributed by atoms with Gasteiger partial charge in [-0.1, -0.05) is 206 Å². The predicted molar refractivity (Wildman–Crippen MR) is 240 cm³/mol. The second kappa shape index (κ2) is 14.3. The highest BCUT2D eigenvalue weighted by molar-refractivity contribution is 7.22. The van der Waals surface area contributed by atoms with Crippen LogP contribution in [0.15, 0.2) is 237 Å². The number of anilines is 3. The van der Waals surface area contributed by atoms with Gasteiger partial charge >= 0.3 is 0 Å². The molecular formula is C54H39NSi. The Bertz CT molecular complexity index is 2730. The summed E-state index contributed by atoms with van der Waals surface area (Å²) in [4.78, 5) is 2.55. The third kappa shape index (κ3) is 5.62. The minimum atomic E-state index is -2.86. The standard InChI is InChI=1S/C54H39NSi/c1-6-19-40(20-7-1)42-33-36-45(37-34-42)55(51-38-35-44(41-21-8-2-9-22-41)39-50(51)43-23-10-3-11-24-43)52-31-18-30-49-48-29-16-17-32-53(48)56(54(49)52,46-25-12-4-13-26-46)47-27-14-5-15-28-47/h1-39H. The molecule has 9 aromatic rings. The zero-order valence-electron chi connectivity index (χ0n) is 31.0. The zero-order chi connectivity index (χ0) is 37.3. The summed E-state index contributed by atoms with van der Waals surface area (Å²) in [5, 5.41) is 5.61. The first kappa shape index (κ1) is 33.6. The Labute approximate surface area is 330 Å². The Morgan fingerprint density at radius 2 is 0.750 bits per heavy atom. The summed E-state index contributed by atoms with van der Waals surface area (Å²) in [5.41, 5.74) is 13.2. The van der Waals surface area contributed by atoms with E-state index in [1.165, 1.54) is 70.9 Å². The molecule has 0 spiro atoms. The molecule has 0 unspecified atom stereocenters. The minimum absolute atomic E-state index is 1.11. The maximum Gasteiger partial charge on any atom is 0.183 e. The van der Waals surface area contributed by atoms with E-state index in [1.54, 1.807) is 0 Å². The van der Waals surface area contributed by atoms with Gasteiger partial charge in [-0.25, -0.2) is 0 Å². The highest BCUT2D eigenvalue weighted by atomic mass is 28.3. The molecule has 9 aromatic carbocycles. The summed E-state index contributed by atoms with van der Waals surface area (Å²) in [7, 11) is -2.86. The van der Waals surface area contributed by atoms with E-state index < -0.39 is 8.07 Å². The summed E-state index contributed by atoms with van der Waals surface area (Å²) >= 11 is 0. The third-order valence-electron chi connectivity index (χ3n) is 11.4. The van der Waals surface area contributed by atoms with Crippen molar-refractivity contribution in [1.29, 1.82) is 0 Å². The Morgan fingerprint density at radius 1 is 0.286 bits per heavy atom. The molecule has 0 atom stereocenters. The second-order valence-electron chi connectivity index (χ2n) is 14.4. The van der Waals surface area contributed by atoms with E-state index in [1.807, 2.05) is 0 Å². The van der Waals surface area contributed by atoms with Gasteiger partial charge < -0.3 is 4.90 Å². The minimum Gasteiger partial charge on any atom is -0.310 e. The highest BCUT2D eigenvalue weighted by Gasteiger charge is 2.50. The van der Waals surface area contributed by atoms with Crippen LogP contribution in [0.1, 0.15) is 0 Å². The molecular weight excluding hydrogens is 691 g/mol. The first-order valence-electron chi connectivity index (χ1n) is 19.4. The molecule has 1 aliphatic heterocycles. The van der Waals surface area contributed by atoms with Gasteiger partial charge in [-0.15, -0.1) is 0 Å². The van der Waals surface area contributed by atoms with Crippen LogP contribution in [0.25, 0.3) is 44.5 Å². The molecule has 0 fully saturated rings. The van der Waals surface area contributed by atoms with Gasteiger partial charge in [0.15, 0.2) is 8.07 Å². The molecule has 10 rings (SSSR count). The van der Waals surface area contributed by atoms with Crippen LogP contribution < -0.4 is 25.6 Å². The van der Waals surface area contributed by atoms with Crippen LogP contribution in [0.2, 0.25) is 0 Å². The molecule has 0 saturated heterocycles. The van der Waals surface area contributed by atoms with Gasteiger partial charge in [-0.3, -0.25) is 0 Å². The summed E-state index contributed by atoms with van der Waals surface area (Å²) in [6.45, 7) is 0. The topological polar surface area (TPSA) is 3.24 Å². The van der Waals surface area contributed by atoms with Gasteiger partial charge in [0.25, 0.3) is 0 Å². The van der Waals surface area contributed by atoms with Gasteiger partial charge in [0.1, 0.15) is 0 Å². The van der Waals surface area contributed by atoms with Crippen LogP contribution in [-0.2, 0) is 0 Å². The first-order valence-corrected chi connectivity index (χ1v) is 21.4. The zero-order valence-corrected chi connectivity index (χ0v) is 32.0. The fourth-order valence-electron chi connectivity index (χ4n) is 8.90. The van der Waals surface area contributed by atoms with E-state index in [0.29, 0.717) is 0 Å². The highest BCUT2D eigenvalue weighted by Crippen LogP contribution is 2.45. The second-order valence-corrected chi connectivity index (χ2v) is 18.1. The van der Waals surface area contributed by atoms with Gasteiger partial charge in [-0.05, 0) is 90.0 Å².